The Morgan fingerprint density at radius 1 is 1.17 bits per heavy atom. The van der Waals surface area contributed by atoms with Gasteiger partial charge in [-0.15, -0.1) is 0 Å². The van der Waals surface area contributed by atoms with E-state index in [4.69, 9.17) is 5.73 Å². The molecule has 0 aromatic heterocycles. The van der Waals surface area contributed by atoms with Gasteiger partial charge in [0.15, 0.2) is 0 Å². The number of hydrogen-bond acceptors (Lipinski definition) is 2. The quantitative estimate of drug-likeness (QED) is 0.763. The van der Waals surface area contributed by atoms with E-state index in [1.165, 1.54) is 37.7 Å². The van der Waals surface area contributed by atoms with Crippen LogP contribution in [0.5, 0.6) is 0 Å². The van der Waals surface area contributed by atoms with Gasteiger partial charge in [0.2, 0.25) is 0 Å². The maximum absolute atomic E-state index is 9.44. The summed E-state index contributed by atoms with van der Waals surface area (Å²) in [5.74, 6) is 1.56. The smallest absolute Gasteiger partial charge is 0.0474 e. The molecule has 0 spiro atoms. The zero-order valence-electron chi connectivity index (χ0n) is 15.1. The number of aryl methyl sites for hydroxylation is 1. The Morgan fingerprint density at radius 2 is 2.04 bits per heavy atom. The van der Waals surface area contributed by atoms with E-state index in [0.29, 0.717) is 5.92 Å². The average molecular weight is 328 g/mol. The number of fused-ring (bicyclic) bond motifs is 1. The van der Waals surface area contributed by atoms with Crippen molar-refractivity contribution in [1.29, 1.82) is 0 Å². The predicted molar refractivity (Wildman–Crippen MR) is 101 cm³/mol. The molecular formula is C22H33NO. The highest BCUT2D eigenvalue weighted by atomic mass is 16.3. The summed E-state index contributed by atoms with van der Waals surface area (Å²) in [6.07, 6.45) is 14.3. The van der Waals surface area contributed by atoms with Gasteiger partial charge in [-0.2, -0.15) is 0 Å². The van der Waals surface area contributed by atoms with Gasteiger partial charge >= 0.3 is 0 Å². The minimum atomic E-state index is 0.120. The van der Waals surface area contributed by atoms with Crippen LogP contribution >= 0.6 is 0 Å². The number of benzene rings is 1. The van der Waals surface area contributed by atoms with Crippen LogP contribution in [0.15, 0.2) is 30.4 Å². The number of hydrogen-bond donors (Lipinski definition) is 2. The van der Waals surface area contributed by atoms with Gasteiger partial charge in [0, 0.05) is 12.6 Å². The maximum atomic E-state index is 9.44. The third-order valence-corrected chi connectivity index (χ3v) is 6.22. The summed E-state index contributed by atoms with van der Waals surface area (Å²) >= 11 is 0. The standard InChI is InChI=1S/C22H33NO/c1-2-3-4-5-6-16-7-8-18-14-19(10-9-17(18)13-16)21-12-11-20(15-24)22(21)23/h3-4,9-10,14,16,20-22,24H,2,5-8,11-13,15,23H2,1H3/b4-3+/t16-,20-,21-,22?/m1/s1. The summed E-state index contributed by atoms with van der Waals surface area (Å²) in [5.41, 5.74) is 10.9. The lowest BCUT2D eigenvalue weighted by Gasteiger charge is -2.26. The van der Waals surface area contributed by atoms with Crippen LogP contribution in [-0.2, 0) is 12.8 Å². The molecule has 132 valence electrons. The molecule has 0 amide bonds. The molecule has 0 heterocycles. The molecular weight excluding hydrogens is 294 g/mol. The molecule has 1 fully saturated rings. The van der Waals surface area contributed by atoms with Crippen molar-refractivity contribution in [2.75, 3.05) is 6.61 Å². The SMILES string of the molecule is CC/C=C/CC[C@@H]1CCc2cc([C@H]3CC[C@H](CO)C3N)ccc2C1. The second-order valence-corrected chi connectivity index (χ2v) is 7.80. The van der Waals surface area contributed by atoms with Crippen molar-refractivity contribution in [2.45, 2.75) is 70.3 Å². The Kier molecular flexibility index (Phi) is 6.13. The highest BCUT2D eigenvalue weighted by Gasteiger charge is 2.34. The molecule has 2 aliphatic rings. The number of aliphatic hydroxyl groups is 1. The molecule has 2 nitrogen and oxygen atoms in total. The van der Waals surface area contributed by atoms with E-state index < -0.39 is 0 Å². The van der Waals surface area contributed by atoms with Crippen LogP contribution in [0, 0.1) is 11.8 Å². The van der Waals surface area contributed by atoms with Gasteiger partial charge < -0.3 is 10.8 Å². The number of rotatable bonds is 6. The molecule has 1 unspecified atom stereocenters. The van der Waals surface area contributed by atoms with Crippen molar-refractivity contribution >= 4 is 0 Å². The Labute approximate surface area is 147 Å². The first-order valence-corrected chi connectivity index (χ1v) is 9.86. The van der Waals surface area contributed by atoms with Gasteiger partial charge in [0.05, 0.1) is 0 Å². The Balaban J connectivity index is 1.63. The molecule has 0 saturated heterocycles. The fourth-order valence-corrected chi connectivity index (χ4v) is 4.65. The summed E-state index contributed by atoms with van der Waals surface area (Å²) in [6, 6.07) is 7.21. The summed E-state index contributed by atoms with van der Waals surface area (Å²) in [6.45, 7) is 2.43. The minimum Gasteiger partial charge on any atom is -0.396 e. The second kappa shape index (κ2) is 8.31. The lowest BCUT2D eigenvalue weighted by molar-refractivity contribution is 0.216. The number of aliphatic hydroxyl groups excluding tert-OH is 1. The predicted octanol–water partition coefficient (Wildman–Crippen LogP) is 4.35. The van der Waals surface area contributed by atoms with Gasteiger partial charge in [-0.05, 0) is 85.8 Å². The van der Waals surface area contributed by atoms with Gasteiger partial charge in [-0.3, -0.25) is 0 Å². The molecule has 24 heavy (non-hydrogen) atoms. The van der Waals surface area contributed by atoms with Gasteiger partial charge in [0.1, 0.15) is 0 Å². The van der Waals surface area contributed by atoms with E-state index in [1.54, 1.807) is 11.1 Å². The van der Waals surface area contributed by atoms with Gasteiger partial charge in [0.25, 0.3) is 0 Å². The molecule has 0 bridgehead atoms. The largest absolute Gasteiger partial charge is 0.396 e. The molecule has 1 aromatic rings. The van der Waals surface area contributed by atoms with Gasteiger partial charge in [-0.1, -0.05) is 37.3 Å². The molecule has 0 radical (unpaired) electrons. The molecule has 3 rings (SSSR count). The minimum absolute atomic E-state index is 0.120. The lowest BCUT2D eigenvalue weighted by atomic mass is 9.79. The van der Waals surface area contributed by atoms with Crippen molar-refractivity contribution in [3.63, 3.8) is 0 Å². The van der Waals surface area contributed by atoms with E-state index in [2.05, 4.69) is 37.3 Å². The van der Waals surface area contributed by atoms with E-state index in [0.717, 1.165) is 25.2 Å². The van der Waals surface area contributed by atoms with Crippen LogP contribution in [0.1, 0.15) is 68.1 Å². The highest BCUT2D eigenvalue weighted by molar-refractivity contribution is 5.37. The van der Waals surface area contributed by atoms with Crippen LogP contribution in [0.4, 0.5) is 0 Å². The second-order valence-electron chi connectivity index (χ2n) is 7.80. The normalized spacial score (nSPS) is 30.0. The fraction of sp³-hybridized carbons (Fsp3) is 0.636. The zero-order chi connectivity index (χ0) is 16.9. The van der Waals surface area contributed by atoms with Crippen LogP contribution in [-0.4, -0.2) is 17.8 Å². The van der Waals surface area contributed by atoms with Crippen molar-refractivity contribution < 1.29 is 5.11 Å². The molecule has 4 atom stereocenters. The van der Waals surface area contributed by atoms with Crippen molar-refractivity contribution in [1.82, 2.24) is 0 Å². The van der Waals surface area contributed by atoms with Crippen LogP contribution in [0.2, 0.25) is 0 Å². The molecule has 0 aliphatic heterocycles. The Morgan fingerprint density at radius 3 is 2.79 bits per heavy atom. The van der Waals surface area contributed by atoms with E-state index in [-0.39, 0.29) is 18.6 Å². The van der Waals surface area contributed by atoms with Crippen molar-refractivity contribution in [3.05, 3.63) is 47.0 Å². The van der Waals surface area contributed by atoms with Crippen LogP contribution in [0.3, 0.4) is 0 Å². The molecule has 2 aliphatic carbocycles. The van der Waals surface area contributed by atoms with E-state index in [1.807, 2.05) is 0 Å². The van der Waals surface area contributed by atoms with Gasteiger partial charge in [-0.25, -0.2) is 0 Å². The summed E-state index contributed by atoms with van der Waals surface area (Å²) in [5, 5.41) is 9.44. The fourth-order valence-electron chi connectivity index (χ4n) is 4.65. The van der Waals surface area contributed by atoms with Crippen molar-refractivity contribution in [3.8, 4) is 0 Å². The first kappa shape index (κ1) is 17.7. The lowest BCUT2D eigenvalue weighted by Crippen LogP contribution is -2.32. The van der Waals surface area contributed by atoms with E-state index in [9.17, 15) is 5.11 Å². The molecule has 2 heteroatoms. The first-order valence-electron chi connectivity index (χ1n) is 9.86. The van der Waals surface area contributed by atoms with Crippen molar-refractivity contribution in [2.24, 2.45) is 17.6 Å². The molecule has 3 N–H and O–H groups in total. The monoisotopic (exact) mass is 327 g/mol. The first-order chi connectivity index (χ1) is 11.7. The average Bonchev–Trinajstić information content (AvgIpc) is 2.99. The summed E-state index contributed by atoms with van der Waals surface area (Å²) in [4.78, 5) is 0. The molecule has 1 aromatic carbocycles. The highest BCUT2D eigenvalue weighted by Crippen LogP contribution is 2.39. The number of allylic oxidation sites excluding steroid dienone is 2. The Hall–Kier alpha value is -1.12. The number of nitrogens with two attached hydrogens (primary N) is 1. The van der Waals surface area contributed by atoms with Crippen LogP contribution in [0.25, 0.3) is 0 Å². The third kappa shape index (κ3) is 3.92. The topological polar surface area (TPSA) is 46.2 Å². The van der Waals surface area contributed by atoms with E-state index >= 15 is 0 Å². The molecule has 1 saturated carbocycles. The maximum Gasteiger partial charge on any atom is 0.0474 e. The third-order valence-electron chi connectivity index (χ3n) is 6.22. The summed E-state index contributed by atoms with van der Waals surface area (Å²) < 4.78 is 0. The zero-order valence-corrected chi connectivity index (χ0v) is 15.1. The van der Waals surface area contributed by atoms with Crippen LogP contribution < -0.4 is 5.73 Å². The summed E-state index contributed by atoms with van der Waals surface area (Å²) in [7, 11) is 0. The Bertz CT molecular complexity index is 565.